The molecule has 1 amide bonds. The van der Waals surface area contributed by atoms with E-state index in [2.05, 4.69) is 30.9 Å². The third-order valence-electron chi connectivity index (χ3n) is 5.69. The smallest absolute Gasteiger partial charge is 0.228 e. The van der Waals surface area contributed by atoms with Gasteiger partial charge >= 0.3 is 0 Å². The topological polar surface area (TPSA) is 126 Å². The quantitative estimate of drug-likeness (QED) is 0.265. The molecule has 0 atom stereocenters. The monoisotopic (exact) mass is 530 g/mol. The SMILES string of the molecule is Cc1ccnc(Nc2cc(Nc3ccc(NC(=O)Cc4ccc(S(=O)(=O)C(C)C)cc4)cc3)nc(C)n2)c1. The Kier molecular flexibility index (Phi) is 8.02. The summed E-state index contributed by atoms with van der Waals surface area (Å²) in [6.07, 6.45) is 1.87. The fourth-order valence-electron chi connectivity index (χ4n) is 3.68. The van der Waals surface area contributed by atoms with Crippen LogP contribution in [0.4, 0.5) is 28.8 Å². The molecule has 9 nitrogen and oxygen atoms in total. The van der Waals surface area contributed by atoms with Crippen molar-refractivity contribution in [2.24, 2.45) is 0 Å². The van der Waals surface area contributed by atoms with Crippen LogP contribution in [-0.2, 0) is 21.1 Å². The van der Waals surface area contributed by atoms with E-state index in [0.717, 1.165) is 16.8 Å². The second kappa shape index (κ2) is 11.4. The molecule has 0 spiro atoms. The summed E-state index contributed by atoms with van der Waals surface area (Å²) < 4.78 is 24.5. The summed E-state index contributed by atoms with van der Waals surface area (Å²) in [6, 6.07) is 19.4. The Morgan fingerprint density at radius 3 is 2.08 bits per heavy atom. The second-order valence-corrected chi connectivity index (χ2v) is 11.7. The van der Waals surface area contributed by atoms with Gasteiger partial charge in [0, 0.05) is 23.6 Å². The van der Waals surface area contributed by atoms with Crippen molar-refractivity contribution in [2.45, 2.75) is 44.3 Å². The molecule has 2 heterocycles. The molecule has 0 saturated heterocycles. The molecular weight excluding hydrogens is 500 g/mol. The summed E-state index contributed by atoms with van der Waals surface area (Å²) in [5.41, 5.74) is 3.26. The van der Waals surface area contributed by atoms with Crippen molar-refractivity contribution in [3.63, 3.8) is 0 Å². The van der Waals surface area contributed by atoms with E-state index in [-0.39, 0.29) is 17.2 Å². The van der Waals surface area contributed by atoms with Gasteiger partial charge in [0.05, 0.1) is 16.6 Å². The van der Waals surface area contributed by atoms with E-state index in [1.165, 1.54) is 0 Å². The highest BCUT2D eigenvalue weighted by molar-refractivity contribution is 7.92. The number of hydrogen-bond donors (Lipinski definition) is 3. The Labute approximate surface area is 222 Å². The van der Waals surface area contributed by atoms with Crippen LogP contribution >= 0.6 is 0 Å². The molecule has 0 bridgehead atoms. The molecule has 0 radical (unpaired) electrons. The van der Waals surface area contributed by atoms with E-state index in [1.807, 2.05) is 38.1 Å². The summed E-state index contributed by atoms with van der Waals surface area (Å²) >= 11 is 0. The molecule has 0 aliphatic rings. The predicted octanol–water partition coefficient (Wildman–Crippen LogP) is 5.34. The number of aromatic nitrogens is 3. The van der Waals surface area contributed by atoms with Crippen LogP contribution in [0.3, 0.4) is 0 Å². The molecular formula is C28H30N6O3S. The van der Waals surface area contributed by atoms with Crippen LogP contribution in [-0.4, -0.2) is 34.5 Å². The third-order valence-corrected chi connectivity index (χ3v) is 7.86. The van der Waals surface area contributed by atoms with Crippen LogP contribution in [0.25, 0.3) is 0 Å². The second-order valence-electron chi connectivity index (χ2n) is 9.19. The van der Waals surface area contributed by atoms with Crippen molar-refractivity contribution in [2.75, 3.05) is 16.0 Å². The van der Waals surface area contributed by atoms with Gasteiger partial charge in [-0.2, -0.15) is 0 Å². The molecule has 10 heteroatoms. The number of pyridine rings is 1. The molecule has 38 heavy (non-hydrogen) atoms. The molecule has 0 unspecified atom stereocenters. The van der Waals surface area contributed by atoms with Gasteiger partial charge in [0.1, 0.15) is 23.3 Å². The zero-order chi connectivity index (χ0) is 27.3. The highest BCUT2D eigenvalue weighted by Crippen LogP contribution is 2.22. The summed E-state index contributed by atoms with van der Waals surface area (Å²) in [7, 11) is -3.34. The molecule has 196 valence electrons. The number of benzene rings is 2. The minimum atomic E-state index is -3.34. The highest BCUT2D eigenvalue weighted by atomic mass is 32.2. The Balaban J connectivity index is 1.36. The summed E-state index contributed by atoms with van der Waals surface area (Å²) in [4.78, 5) is 26.0. The first-order valence-corrected chi connectivity index (χ1v) is 13.7. The molecule has 0 saturated carbocycles. The maximum absolute atomic E-state index is 12.5. The van der Waals surface area contributed by atoms with Crippen molar-refractivity contribution < 1.29 is 13.2 Å². The van der Waals surface area contributed by atoms with E-state index in [9.17, 15) is 13.2 Å². The first-order valence-electron chi connectivity index (χ1n) is 12.1. The number of rotatable bonds is 9. The van der Waals surface area contributed by atoms with Gasteiger partial charge in [0.25, 0.3) is 0 Å². The minimum Gasteiger partial charge on any atom is -0.340 e. The molecule has 0 aliphatic heterocycles. The average molecular weight is 531 g/mol. The number of carbonyl (C=O) groups excluding carboxylic acids is 1. The fraction of sp³-hybridized carbons (Fsp3) is 0.214. The Morgan fingerprint density at radius 1 is 0.816 bits per heavy atom. The Bertz CT molecular complexity index is 1540. The van der Waals surface area contributed by atoms with Crippen LogP contribution in [0.2, 0.25) is 0 Å². The molecule has 4 aromatic rings. The number of anilines is 5. The lowest BCUT2D eigenvalue weighted by molar-refractivity contribution is -0.115. The standard InChI is InChI=1S/C28H30N6O3S/c1-18(2)38(36,37)24-11-5-21(6-12-24)16-28(35)33-23-9-7-22(8-10-23)32-26-17-27(31-20(4)30-26)34-25-15-19(3)13-14-29-25/h5-15,17-18H,16H2,1-4H3,(H,33,35)(H2,29,30,31,32,34). The summed E-state index contributed by atoms with van der Waals surface area (Å²) in [5, 5.41) is 8.82. The average Bonchev–Trinajstić information content (AvgIpc) is 2.85. The van der Waals surface area contributed by atoms with Gasteiger partial charge in [-0.1, -0.05) is 12.1 Å². The van der Waals surface area contributed by atoms with Crippen molar-refractivity contribution >= 4 is 44.6 Å². The van der Waals surface area contributed by atoms with E-state index >= 15 is 0 Å². The van der Waals surface area contributed by atoms with Gasteiger partial charge in [-0.3, -0.25) is 4.79 Å². The van der Waals surface area contributed by atoms with Gasteiger partial charge < -0.3 is 16.0 Å². The van der Waals surface area contributed by atoms with E-state index in [1.54, 1.807) is 62.5 Å². The van der Waals surface area contributed by atoms with Gasteiger partial charge in [0.15, 0.2) is 9.84 Å². The van der Waals surface area contributed by atoms with Crippen molar-refractivity contribution in [3.05, 3.63) is 89.9 Å². The summed E-state index contributed by atoms with van der Waals surface area (Å²) in [6.45, 7) is 7.10. The van der Waals surface area contributed by atoms with Crippen LogP contribution in [0.15, 0.2) is 77.8 Å². The number of hydrogen-bond acceptors (Lipinski definition) is 8. The zero-order valence-corrected chi connectivity index (χ0v) is 22.5. The number of sulfone groups is 1. The maximum atomic E-state index is 12.5. The lowest BCUT2D eigenvalue weighted by Gasteiger charge is -2.11. The minimum absolute atomic E-state index is 0.133. The van der Waals surface area contributed by atoms with Crippen LogP contribution in [0.1, 0.15) is 30.8 Å². The highest BCUT2D eigenvalue weighted by Gasteiger charge is 2.19. The maximum Gasteiger partial charge on any atom is 0.228 e. The largest absolute Gasteiger partial charge is 0.340 e. The van der Waals surface area contributed by atoms with Crippen molar-refractivity contribution in [1.82, 2.24) is 15.0 Å². The first-order chi connectivity index (χ1) is 18.1. The van der Waals surface area contributed by atoms with E-state index in [4.69, 9.17) is 0 Å². The van der Waals surface area contributed by atoms with Crippen molar-refractivity contribution in [3.8, 4) is 0 Å². The number of nitrogens with one attached hydrogen (secondary N) is 3. The molecule has 4 rings (SSSR count). The van der Waals surface area contributed by atoms with E-state index < -0.39 is 15.1 Å². The Morgan fingerprint density at radius 2 is 1.45 bits per heavy atom. The molecule has 0 aliphatic carbocycles. The van der Waals surface area contributed by atoms with Gasteiger partial charge in [-0.15, -0.1) is 0 Å². The van der Waals surface area contributed by atoms with Gasteiger partial charge in [-0.25, -0.2) is 23.4 Å². The fourth-order valence-corrected chi connectivity index (χ4v) is 4.74. The third kappa shape index (κ3) is 6.92. The summed E-state index contributed by atoms with van der Waals surface area (Å²) in [5.74, 6) is 2.34. The van der Waals surface area contributed by atoms with Crippen molar-refractivity contribution in [1.29, 1.82) is 0 Å². The number of amides is 1. The molecule has 2 aromatic heterocycles. The normalized spacial score (nSPS) is 11.3. The molecule has 2 aromatic carbocycles. The van der Waals surface area contributed by atoms with Crippen LogP contribution in [0.5, 0.6) is 0 Å². The predicted molar refractivity (Wildman–Crippen MR) is 150 cm³/mol. The number of aryl methyl sites for hydroxylation is 2. The Hall–Kier alpha value is -4.31. The lowest BCUT2D eigenvalue weighted by atomic mass is 10.1. The molecule has 0 fully saturated rings. The number of nitrogens with zero attached hydrogens (tertiary/aromatic N) is 3. The number of carbonyl (C=O) groups is 1. The van der Waals surface area contributed by atoms with Gasteiger partial charge in [0.2, 0.25) is 5.91 Å². The van der Waals surface area contributed by atoms with E-state index in [0.29, 0.717) is 29.0 Å². The first kappa shape index (κ1) is 26.7. The van der Waals surface area contributed by atoms with Crippen LogP contribution in [0, 0.1) is 13.8 Å². The van der Waals surface area contributed by atoms with Crippen LogP contribution < -0.4 is 16.0 Å². The molecule has 3 N–H and O–H groups in total. The van der Waals surface area contributed by atoms with Gasteiger partial charge in [-0.05, 0) is 87.4 Å². The zero-order valence-electron chi connectivity index (χ0n) is 21.7. The lowest BCUT2D eigenvalue weighted by Crippen LogP contribution is -2.15.